The number of ether oxygens (including phenoxy) is 1. The second-order valence-corrected chi connectivity index (χ2v) is 4.75. The number of hydrogen-bond donors (Lipinski definition) is 0. The average Bonchev–Trinajstić information content (AvgIpc) is 2.94. The minimum Gasteiger partial charge on any atom is -0.381 e. The van der Waals surface area contributed by atoms with Crippen molar-refractivity contribution in [1.82, 2.24) is 19.1 Å². The van der Waals surface area contributed by atoms with Crippen LogP contribution in [0.4, 0.5) is 0 Å². The van der Waals surface area contributed by atoms with Crippen molar-refractivity contribution >= 4 is 11.0 Å². The SMILES string of the molecule is Cn1c(=O)n(CC2CCOC2)c(=O)c2cncnc21. The van der Waals surface area contributed by atoms with Gasteiger partial charge in [-0.15, -0.1) is 0 Å². The van der Waals surface area contributed by atoms with E-state index < -0.39 is 0 Å². The zero-order chi connectivity index (χ0) is 13.4. The summed E-state index contributed by atoms with van der Waals surface area (Å²) in [5.41, 5.74) is -0.308. The molecule has 0 radical (unpaired) electrons. The van der Waals surface area contributed by atoms with Crippen LogP contribution in [0.2, 0.25) is 0 Å². The molecular formula is C12H14N4O3. The third kappa shape index (κ3) is 1.95. The first-order valence-electron chi connectivity index (χ1n) is 6.16. The van der Waals surface area contributed by atoms with Crippen molar-refractivity contribution in [3.05, 3.63) is 33.4 Å². The first-order valence-corrected chi connectivity index (χ1v) is 6.16. The summed E-state index contributed by atoms with van der Waals surface area (Å²) in [5, 5.41) is 0.364. The molecule has 3 heterocycles. The summed E-state index contributed by atoms with van der Waals surface area (Å²) in [6.45, 7) is 1.67. The minimum atomic E-state index is -0.344. The summed E-state index contributed by atoms with van der Waals surface area (Å²) < 4.78 is 7.92. The standard InChI is InChI=1S/C12H14N4O3/c1-15-10-9(4-13-7-14-10)11(17)16(12(15)18)5-8-2-3-19-6-8/h4,7-8H,2-3,5-6H2,1H3. The summed E-state index contributed by atoms with van der Waals surface area (Å²) in [6, 6.07) is 0. The van der Waals surface area contributed by atoms with Crippen LogP contribution in [0.15, 0.2) is 22.1 Å². The van der Waals surface area contributed by atoms with E-state index in [9.17, 15) is 9.59 Å². The van der Waals surface area contributed by atoms with E-state index in [0.29, 0.717) is 30.8 Å². The van der Waals surface area contributed by atoms with Crippen molar-refractivity contribution in [2.45, 2.75) is 13.0 Å². The highest BCUT2D eigenvalue weighted by molar-refractivity contribution is 5.72. The lowest BCUT2D eigenvalue weighted by Crippen LogP contribution is -2.41. The molecule has 0 bridgehead atoms. The van der Waals surface area contributed by atoms with E-state index in [1.165, 1.54) is 21.7 Å². The Morgan fingerprint density at radius 1 is 1.47 bits per heavy atom. The Morgan fingerprint density at radius 3 is 3.05 bits per heavy atom. The maximum Gasteiger partial charge on any atom is 0.332 e. The van der Waals surface area contributed by atoms with Gasteiger partial charge in [0.25, 0.3) is 5.56 Å². The highest BCUT2D eigenvalue weighted by Crippen LogP contribution is 2.13. The molecule has 2 aromatic heterocycles. The smallest absolute Gasteiger partial charge is 0.332 e. The van der Waals surface area contributed by atoms with Gasteiger partial charge in [-0.2, -0.15) is 0 Å². The largest absolute Gasteiger partial charge is 0.381 e. The summed E-state index contributed by atoms with van der Waals surface area (Å²) in [4.78, 5) is 32.4. The van der Waals surface area contributed by atoms with E-state index >= 15 is 0 Å². The molecule has 0 spiro atoms. The quantitative estimate of drug-likeness (QED) is 0.731. The number of aryl methyl sites for hydroxylation is 1. The first-order chi connectivity index (χ1) is 9.18. The molecule has 1 atom stereocenters. The first kappa shape index (κ1) is 12.0. The summed E-state index contributed by atoms with van der Waals surface area (Å²) in [5.74, 6) is 0.215. The van der Waals surface area contributed by atoms with Crippen molar-refractivity contribution in [2.75, 3.05) is 13.2 Å². The Morgan fingerprint density at radius 2 is 2.32 bits per heavy atom. The predicted molar refractivity (Wildman–Crippen MR) is 68.0 cm³/mol. The molecule has 0 amide bonds. The van der Waals surface area contributed by atoms with Crippen molar-refractivity contribution in [2.24, 2.45) is 13.0 Å². The number of hydrogen-bond acceptors (Lipinski definition) is 5. The number of fused-ring (bicyclic) bond motifs is 1. The number of aromatic nitrogens is 4. The van der Waals surface area contributed by atoms with E-state index in [0.717, 1.165) is 6.42 Å². The Labute approximate surface area is 108 Å². The number of nitrogens with zero attached hydrogens (tertiary/aromatic N) is 4. The fourth-order valence-electron chi connectivity index (χ4n) is 2.39. The van der Waals surface area contributed by atoms with Crippen molar-refractivity contribution in [1.29, 1.82) is 0 Å². The maximum atomic E-state index is 12.3. The highest BCUT2D eigenvalue weighted by Gasteiger charge is 2.20. The molecular weight excluding hydrogens is 248 g/mol. The molecule has 0 saturated carbocycles. The van der Waals surface area contributed by atoms with Gasteiger partial charge in [-0.3, -0.25) is 13.9 Å². The van der Waals surface area contributed by atoms with Crippen LogP contribution in [0.1, 0.15) is 6.42 Å². The normalized spacial score (nSPS) is 19.1. The van der Waals surface area contributed by atoms with Crippen LogP contribution < -0.4 is 11.2 Å². The Hall–Kier alpha value is -2.02. The summed E-state index contributed by atoms with van der Waals surface area (Å²) in [7, 11) is 1.61. The van der Waals surface area contributed by atoms with E-state index in [2.05, 4.69) is 9.97 Å². The molecule has 1 fully saturated rings. The van der Waals surface area contributed by atoms with Crippen molar-refractivity contribution in [3.63, 3.8) is 0 Å². The molecule has 0 N–H and O–H groups in total. The molecule has 7 heteroatoms. The van der Waals surface area contributed by atoms with Gasteiger partial charge in [0.1, 0.15) is 11.7 Å². The lowest BCUT2D eigenvalue weighted by Gasteiger charge is -2.12. The second-order valence-electron chi connectivity index (χ2n) is 4.75. The third-order valence-electron chi connectivity index (χ3n) is 3.47. The van der Waals surface area contributed by atoms with Crippen LogP contribution in [0.5, 0.6) is 0 Å². The molecule has 3 rings (SSSR count). The molecule has 1 aliphatic rings. The zero-order valence-corrected chi connectivity index (χ0v) is 10.6. The van der Waals surface area contributed by atoms with E-state index in [-0.39, 0.29) is 17.2 Å². The van der Waals surface area contributed by atoms with Crippen LogP contribution in [-0.4, -0.2) is 32.3 Å². The summed E-state index contributed by atoms with van der Waals surface area (Å²) >= 11 is 0. The van der Waals surface area contributed by atoms with Gasteiger partial charge in [0, 0.05) is 32.3 Å². The molecule has 1 aliphatic heterocycles. The maximum absolute atomic E-state index is 12.3. The molecule has 1 saturated heterocycles. The Balaban J connectivity index is 2.18. The van der Waals surface area contributed by atoms with Crippen LogP contribution in [0.3, 0.4) is 0 Å². The van der Waals surface area contributed by atoms with Gasteiger partial charge >= 0.3 is 5.69 Å². The van der Waals surface area contributed by atoms with Crippen LogP contribution >= 0.6 is 0 Å². The monoisotopic (exact) mass is 262 g/mol. The van der Waals surface area contributed by atoms with Crippen LogP contribution in [0, 0.1) is 5.92 Å². The van der Waals surface area contributed by atoms with Gasteiger partial charge in [-0.1, -0.05) is 0 Å². The van der Waals surface area contributed by atoms with E-state index in [1.807, 2.05) is 0 Å². The van der Waals surface area contributed by atoms with Gasteiger partial charge in [-0.05, 0) is 6.42 Å². The fourth-order valence-corrected chi connectivity index (χ4v) is 2.39. The molecule has 0 aromatic carbocycles. The van der Waals surface area contributed by atoms with Crippen molar-refractivity contribution < 1.29 is 4.74 Å². The van der Waals surface area contributed by atoms with Crippen LogP contribution in [-0.2, 0) is 18.3 Å². The molecule has 19 heavy (non-hydrogen) atoms. The van der Waals surface area contributed by atoms with Crippen molar-refractivity contribution in [3.8, 4) is 0 Å². The predicted octanol–water partition coefficient (Wildman–Crippen LogP) is -0.473. The fraction of sp³-hybridized carbons (Fsp3) is 0.500. The second kappa shape index (κ2) is 4.58. The molecule has 7 nitrogen and oxygen atoms in total. The Kier molecular flexibility index (Phi) is 2.90. The third-order valence-corrected chi connectivity index (χ3v) is 3.47. The topological polar surface area (TPSA) is 79.0 Å². The van der Waals surface area contributed by atoms with Gasteiger partial charge < -0.3 is 4.74 Å². The average molecular weight is 262 g/mol. The molecule has 1 unspecified atom stereocenters. The Bertz CT molecular complexity index is 728. The van der Waals surface area contributed by atoms with Gasteiger partial charge in [-0.25, -0.2) is 14.8 Å². The summed E-state index contributed by atoms with van der Waals surface area (Å²) in [6.07, 6.45) is 3.65. The molecule has 2 aromatic rings. The number of rotatable bonds is 2. The minimum absolute atomic E-state index is 0.215. The van der Waals surface area contributed by atoms with Gasteiger partial charge in [0.05, 0.1) is 6.61 Å². The van der Waals surface area contributed by atoms with E-state index in [4.69, 9.17) is 4.74 Å². The molecule has 0 aliphatic carbocycles. The van der Waals surface area contributed by atoms with Gasteiger partial charge in [0.15, 0.2) is 5.65 Å². The van der Waals surface area contributed by atoms with Crippen LogP contribution in [0.25, 0.3) is 11.0 Å². The molecule has 100 valence electrons. The van der Waals surface area contributed by atoms with E-state index in [1.54, 1.807) is 7.05 Å². The van der Waals surface area contributed by atoms with Gasteiger partial charge in [0.2, 0.25) is 0 Å². The highest BCUT2D eigenvalue weighted by atomic mass is 16.5. The lowest BCUT2D eigenvalue weighted by molar-refractivity contribution is 0.182. The zero-order valence-electron chi connectivity index (χ0n) is 10.6. The lowest BCUT2D eigenvalue weighted by atomic mass is 10.1.